The molecule has 2 aromatic rings. The number of rotatable bonds is 1. The minimum absolute atomic E-state index is 0.185. The Morgan fingerprint density at radius 2 is 1.59 bits per heavy atom. The maximum atomic E-state index is 8.87. The Hall–Kier alpha value is -1.27. The van der Waals surface area contributed by atoms with Gasteiger partial charge < -0.3 is 0 Å². The van der Waals surface area contributed by atoms with Gasteiger partial charge in [0.1, 0.15) is 11.2 Å². The Bertz CT molecular complexity index is 597. The van der Waals surface area contributed by atoms with Crippen LogP contribution in [0.25, 0.3) is 11.1 Å². The van der Waals surface area contributed by atoms with E-state index in [4.69, 9.17) is 40.1 Å². The highest BCUT2D eigenvalue weighted by Crippen LogP contribution is 2.28. The maximum Gasteiger partial charge on any atom is 0.146 e. The fourth-order valence-corrected chi connectivity index (χ4v) is 2.08. The summed E-state index contributed by atoms with van der Waals surface area (Å²) in [5.74, 6) is 0. The quantitative estimate of drug-likeness (QED) is 0.718. The summed E-state index contributed by atoms with van der Waals surface area (Å²) >= 11 is 17.6. The summed E-state index contributed by atoms with van der Waals surface area (Å²) in [6.45, 7) is 0. The zero-order valence-corrected chi connectivity index (χ0v) is 10.7. The van der Waals surface area contributed by atoms with E-state index < -0.39 is 0 Å². The first-order chi connectivity index (χ1) is 8.10. The Balaban J connectivity index is 2.57. The summed E-state index contributed by atoms with van der Waals surface area (Å²) in [6.07, 6.45) is 1.57. The smallest absolute Gasteiger partial charge is 0.146 e. The zero-order chi connectivity index (χ0) is 12.4. The summed E-state index contributed by atoms with van der Waals surface area (Å²) in [5.41, 5.74) is 1.86. The van der Waals surface area contributed by atoms with Crippen LogP contribution in [0.3, 0.4) is 0 Å². The van der Waals surface area contributed by atoms with Gasteiger partial charge in [0.25, 0.3) is 0 Å². The predicted molar refractivity (Wildman–Crippen MR) is 69.4 cm³/mol. The fraction of sp³-hybridized carbons (Fsp3) is 0. The molecule has 2 rings (SSSR count). The molecule has 0 aliphatic rings. The van der Waals surface area contributed by atoms with Gasteiger partial charge in [-0.15, -0.1) is 0 Å². The summed E-state index contributed by atoms with van der Waals surface area (Å²) in [7, 11) is 0. The Kier molecular flexibility index (Phi) is 3.54. The van der Waals surface area contributed by atoms with Gasteiger partial charge in [-0.25, -0.2) is 4.98 Å². The number of nitrogens with zero attached hydrogens (tertiary/aromatic N) is 2. The molecule has 0 N–H and O–H groups in total. The lowest BCUT2D eigenvalue weighted by molar-refractivity contribution is 1.30. The molecular formula is C12H5Cl3N2. The molecular weight excluding hydrogens is 279 g/mol. The van der Waals surface area contributed by atoms with Crippen molar-refractivity contribution in [2.24, 2.45) is 0 Å². The largest absolute Gasteiger partial charge is 0.243 e. The molecule has 1 aromatic heterocycles. The first-order valence-corrected chi connectivity index (χ1v) is 5.75. The second-order valence-electron chi connectivity index (χ2n) is 3.33. The molecule has 0 amide bonds. The second kappa shape index (κ2) is 4.93. The van der Waals surface area contributed by atoms with E-state index in [1.54, 1.807) is 30.5 Å². The van der Waals surface area contributed by atoms with Crippen LogP contribution in [0.4, 0.5) is 0 Å². The first kappa shape index (κ1) is 12.2. The first-order valence-electron chi connectivity index (χ1n) is 4.62. The fourth-order valence-electron chi connectivity index (χ4n) is 1.40. The van der Waals surface area contributed by atoms with Crippen LogP contribution in [0, 0.1) is 11.3 Å². The Morgan fingerprint density at radius 3 is 2.18 bits per heavy atom. The van der Waals surface area contributed by atoms with Crippen LogP contribution >= 0.6 is 34.8 Å². The van der Waals surface area contributed by atoms with Gasteiger partial charge >= 0.3 is 0 Å². The van der Waals surface area contributed by atoms with Crippen LogP contribution in [0.2, 0.25) is 15.2 Å². The number of nitriles is 1. The molecule has 0 saturated heterocycles. The standard InChI is InChI=1S/C12H5Cl3N2/c13-10-2-7(3-11(14)4-10)9-1-8(5-16)12(15)17-6-9/h1-4,6H. The van der Waals surface area contributed by atoms with Crippen molar-refractivity contribution < 1.29 is 0 Å². The third-order valence-electron chi connectivity index (χ3n) is 2.16. The summed E-state index contributed by atoms with van der Waals surface area (Å²) in [4.78, 5) is 3.94. The average Bonchev–Trinajstić information content (AvgIpc) is 2.28. The van der Waals surface area contributed by atoms with Crippen LogP contribution in [0.1, 0.15) is 5.56 Å². The molecule has 0 bridgehead atoms. The lowest BCUT2D eigenvalue weighted by Gasteiger charge is -2.04. The van der Waals surface area contributed by atoms with E-state index in [-0.39, 0.29) is 5.15 Å². The molecule has 0 fully saturated rings. The normalized spacial score (nSPS) is 10.0. The average molecular weight is 284 g/mol. The molecule has 0 atom stereocenters. The van der Waals surface area contributed by atoms with E-state index in [2.05, 4.69) is 4.98 Å². The van der Waals surface area contributed by atoms with Crippen LogP contribution in [0.15, 0.2) is 30.5 Å². The highest BCUT2D eigenvalue weighted by Gasteiger charge is 2.06. The molecule has 17 heavy (non-hydrogen) atoms. The number of hydrogen-bond donors (Lipinski definition) is 0. The van der Waals surface area contributed by atoms with Gasteiger partial charge in [-0.1, -0.05) is 34.8 Å². The zero-order valence-electron chi connectivity index (χ0n) is 8.42. The molecule has 1 heterocycles. The monoisotopic (exact) mass is 282 g/mol. The lowest BCUT2D eigenvalue weighted by atomic mass is 10.1. The molecule has 0 aliphatic heterocycles. The van der Waals surface area contributed by atoms with Crippen molar-refractivity contribution in [3.63, 3.8) is 0 Å². The highest BCUT2D eigenvalue weighted by molar-refractivity contribution is 6.35. The second-order valence-corrected chi connectivity index (χ2v) is 4.56. The van der Waals surface area contributed by atoms with E-state index in [9.17, 15) is 0 Å². The highest BCUT2D eigenvalue weighted by atomic mass is 35.5. The number of aromatic nitrogens is 1. The van der Waals surface area contributed by atoms with Crippen molar-refractivity contribution in [3.05, 3.63) is 51.2 Å². The third kappa shape index (κ3) is 2.70. The van der Waals surface area contributed by atoms with Crippen molar-refractivity contribution in [2.75, 3.05) is 0 Å². The molecule has 5 heteroatoms. The van der Waals surface area contributed by atoms with E-state index in [0.29, 0.717) is 15.6 Å². The molecule has 2 nitrogen and oxygen atoms in total. The van der Waals surface area contributed by atoms with E-state index in [1.165, 1.54) is 0 Å². The minimum atomic E-state index is 0.185. The Morgan fingerprint density at radius 1 is 0.941 bits per heavy atom. The van der Waals surface area contributed by atoms with Crippen molar-refractivity contribution in [1.29, 1.82) is 5.26 Å². The summed E-state index contributed by atoms with van der Waals surface area (Å²) in [6, 6.07) is 8.76. The number of hydrogen-bond acceptors (Lipinski definition) is 2. The summed E-state index contributed by atoms with van der Waals surface area (Å²) < 4.78 is 0. The van der Waals surface area contributed by atoms with Gasteiger partial charge in [-0.2, -0.15) is 5.26 Å². The van der Waals surface area contributed by atoms with Crippen molar-refractivity contribution in [3.8, 4) is 17.2 Å². The van der Waals surface area contributed by atoms with E-state index >= 15 is 0 Å². The van der Waals surface area contributed by atoms with Gasteiger partial charge in [0.05, 0.1) is 5.56 Å². The van der Waals surface area contributed by atoms with Crippen LogP contribution < -0.4 is 0 Å². The predicted octanol–water partition coefficient (Wildman–Crippen LogP) is 4.58. The minimum Gasteiger partial charge on any atom is -0.243 e. The van der Waals surface area contributed by atoms with Gasteiger partial charge in [0.2, 0.25) is 0 Å². The number of halogens is 3. The maximum absolute atomic E-state index is 8.87. The van der Waals surface area contributed by atoms with Crippen LogP contribution in [-0.2, 0) is 0 Å². The molecule has 0 spiro atoms. The van der Waals surface area contributed by atoms with Crippen LogP contribution in [0.5, 0.6) is 0 Å². The van der Waals surface area contributed by atoms with Crippen molar-refractivity contribution in [2.45, 2.75) is 0 Å². The molecule has 0 aliphatic carbocycles. The molecule has 0 saturated carbocycles. The molecule has 0 radical (unpaired) electrons. The van der Waals surface area contributed by atoms with Gasteiger partial charge in [0.15, 0.2) is 0 Å². The van der Waals surface area contributed by atoms with E-state index in [1.807, 2.05) is 6.07 Å². The Labute approximate surface area is 113 Å². The topological polar surface area (TPSA) is 36.7 Å². The van der Waals surface area contributed by atoms with Crippen molar-refractivity contribution >= 4 is 34.8 Å². The number of pyridine rings is 1. The third-order valence-corrected chi connectivity index (χ3v) is 2.89. The molecule has 0 unspecified atom stereocenters. The summed E-state index contributed by atoms with van der Waals surface area (Å²) in [5, 5.41) is 10.1. The lowest BCUT2D eigenvalue weighted by Crippen LogP contribution is -1.86. The molecule has 84 valence electrons. The van der Waals surface area contributed by atoms with Gasteiger partial charge in [-0.3, -0.25) is 0 Å². The van der Waals surface area contributed by atoms with Gasteiger partial charge in [-0.05, 0) is 29.8 Å². The van der Waals surface area contributed by atoms with Crippen LogP contribution in [-0.4, -0.2) is 4.98 Å². The van der Waals surface area contributed by atoms with Crippen molar-refractivity contribution in [1.82, 2.24) is 4.98 Å². The van der Waals surface area contributed by atoms with Gasteiger partial charge in [0, 0.05) is 21.8 Å². The number of benzene rings is 1. The molecule has 1 aromatic carbocycles. The van der Waals surface area contributed by atoms with E-state index in [0.717, 1.165) is 11.1 Å². The SMILES string of the molecule is N#Cc1cc(-c2cc(Cl)cc(Cl)c2)cnc1Cl.